The molecule has 23 heavy (non-hydrogen) atoms. The molecule has 6 nitrogen and oxygen atoms in total. The number of benzene rings is 1. The number of carboxylic acid groups (broad SMARTS) is 1. The van der Waals surface area contributed by atoms with Crippen molar-refractivity contribution in [3.63, 3.8) is 0 Å². The van der Waals surface area contributed by atoms with Gasteiger partial charge < -0.3 is 14.7 Å². The van der Waals surface area contributed by atoms with E-state index in [0.717, 1.165) is 6.42 Å². The maximum Gasteiger partial charge on any atom is 0.339 e. The molecular formula is C16H23O6P. The lowest BCUT2D eigenvalue weighted by Gasteiger charge is -2.35. The predicted octanol–water partition coefficient (Wildman–Crippen LogP) is 3.19. The Balaban J connectivity index is 2.24. The fourth-order valence-corrected chi connectivity index (χ4v) is 4.50. The van der Waals surface area contributed by atoms with Crippen LogP contribution in [0, 0.1) is 0 Å². The molecule has 1 aliphatic rings. The van der Waals surface area contributed by atoms with Crippen LogP contribution in [0.2, 0.25) is 0 Å². The normalized spacial score (nSPS) is 23.1. The van der Waals surface area contributed by atoms with Crippen LogP contribution in [0.1, 0.15) is 38.2 Å². The zero-order valence-electron chi connectivity index (χ0n) is 13.2. The second-order valence-corrected chi connectivity index (χ2v) is 7.59. The van der Waals surface area contributed by atoms with E-state index in [2.05, 4.69) is 0 Å². The van der Waals surface area contributed by atoms with E-state index in [9.17, 15) is 19.4 Å². The van der Waals surface area contributed by atoms with Crippen LogP contribution in [-0.2, 0) is 24.8 Å². The van der Waals surface area contributed by atoms with Gasteiger partial charge in [0.25, 0.3) is 0 Å². The molecule has 1 fully saturated rings. The fourth-order valence-electron chi connectivity index (χ4n) is 2.97. The maximum absolute atomic E-state index is 12.5. The molecule has 1 aromatic rings. The Hall–Kier alpha value is -1.20. The average molecular weight is 342 g/mol. The summed E-state index contributed by atoms with van der Waals surface area (Å²) in [4.78, 5) is 22.1. The first-order chi connectivity index (χ1) is 10.9. The van der Waals surface area contributed by atoms with Gasteiger partial charge in [0.05, 0.1) is 12.3 Å². The van der Waals surface area contributed by atoms with E-state index >= 15 is 0 Å². The van der Waals surface area contributed by atoms with E-state index in [-0.39, 0.29) is 12.6 Å². The molecule has 0 aromatic heterocycles. The van der Waals surface area contributed by atoms with Gasteiger partial charge in [-0.2, -0.15) is 0 Å². The molecule has 2 rings (SSSR count). The second kappa shape index (κ2) is 7.58. The topological polar surface area (TPSA) is 93.1 Å². The van der Waals surface area contributed by atoms with Crippen molar-refractivity contribution in [2.75, 3.05) is 6.61 Å². The van der Waals surface area contributed by atoms with Gasteiger partial charge >= 0.3 is 13.6 Å². The van der Waals surface area contributed by atoms with Crippen molar-refractivity contribution in [2.24, 2.45) is 0 Å². The summed E-state index contributed by atoms with van der Waals surface area (Å²) in [5.74, 6) is -1.24. The van der Waals surface area contributed by atoms with Gasteiger partial charge in [-0.15, -0.1) is 0 Å². The molecule has 1 aliphatic heterocycles. The molecule has 0 aliphatic carbocycles. The van der Waals surface area contributed by atoms with Gasteiger partial charge in [-0.3, -0.25) is 9.09 Å². The quantitative estimate of drug-likeness (QED) is 0.705. The second-order valence-electron chi connectivity index (χ2n) is 5.82. The third-order valence-electron chi connectivity index (χ3n) is 3.96. The van der Waals surface area contributed by atoms with Gasteiger partial charge in [0, 0.05) is 6.61 Å². The molecule has 0 saturated carbocycles. The van der Waals surface area contributed by atoms with Crippen LogP contribution >= 0.6 is 7.60 Å². The predicted molar refractivity (Wildman–Crippen MR) is 85.3 cm³/mol. The number of carboxylic acids is 1. The molecule has 0 radical (unpaired) electrons. The average Bonchev–Trinajstić information content (AvgIpc) is 3.01. The molecule has 0 spiro atoms. The summed E-state index contributed by atoms with van der Waals surface area (Å²) in [6.07, 6.45) is 0.957. The molecule has 2 N–H and O–H groups in total. The number of carbonyl (C=O) groups is 1. The molecule has 1 heterocycles. The van der Waals surface area contributed by atoms with Crippen LogP contribution in [0.4, 0.5) is 0 Å². The zero-order chi connectivity index (χ0) is 16.9. The molecule has 0 bridgehead atoms. The van der Waals surface area contributed by atoms with E-state index in [1.165, 1.54) is 0 Å². The molecule has 3 unspecified atom stereocenters. The van der Waals surface area contributed by atoms with Crippen molar-refractivity contribution in [3.8, 4) is 0 Å². The van der Waals surface area contributed by atoms with Crippen LogP contribution < -0.4 is 0 Å². The number of hydrogen-bond acceptors (Lipinski definition) is 4. The van der Waals surface area contributed by atoms with Gasteiger partial charge in [-0.25, -0.2) is 4.79 Å². The highest BCUT2D eigenvalue weighted by molar-refractivity contribution is 7.52. The minimum absolute atomic E-state index is 0.131. The lowest BCUT2D eigenvalue weighted by Crippen LogP contribution is -2.51. The van der Waals surface area contributed by atoms with Gasteiger partial charge in [0.15, 0.2) is 5.60 Å². The van der Waals surface area contributed by atoms with Crippen molar-refractivity contribution in [1.29, 1.82) is 0 Å². The largest absolute Gasteiger partial charge is 0.479 e. The lowest BCUT2D eigenvalue weighted by molar-refractivity contribution is -0.170. The van der Waals surface area contributed by atoms with Gasteiger partial charge in [0.1, 0.15) is 0 Å². The molecule has 1 saturated heterocycles. The monoisotopic (exact) mass is 342 g/mol. The summed E-state index contributed by atoms with van der Waals surface area (Å²) in [5.41, 5.74) is -1.15. The van der Waals surface area contributed by atoms with Crippen molar-refractivity contribution >= 4 is 13.6 Å². The SMILES string of the molecule is CCCC(OP(=O)(O)Cc1ccccc1)(C(=O)O)C1CCCO1. The minimum atomic E-state index is -4.13. The van der Waals surface area contributed by atoms with Crippen LogP contribution in [0.3, 0.4) is 0 Å². The summed E-state index contributed by atoms with van der Waals surface area (Å²) >= 11 is 0. The third-order valence-corrected chi connectivity index (χ3v) is 5.34. The molecular weight excluding hydrogens is 319 g/mol. The number of aliphatic carboxylic acids is 1. The molecule has 0 amide bonds. The molecule has 7 heteroatoms. The summed E-state index contributed by atoms with van der Waals surface area (Å²) in [6, 6.07) is 8.73. The Morgan fingerprint density at radius 1 is 1.43 bits per heavy atom. The standard InChI is InChI=1S/C16H23O6P/c1-2-10-16(15(17)18,14-9-6-11-21-14)22-23(19,20)12-13-7-4-3-5-8-13/h3-5,7-8,14H,2,6,9-12H2,1H3,(H,17,18)(H,19,20). The fraction of sp³-hybridized carbons (Fsp3) is 0.562. The number of ether oxygens (including phenoxy) is 1. The highest BCUT2D eigenvalue weighted by Crippen LogP contribution is 2.52. The lowest BCUT2D eigenvalue weighted by atomic mass is 9.90. The zero-order valence-corrected chi connectivity index (χ0v) is 14.1. The first-order valence-corrected chi connectivity index (χ1v) is 9.57. The van der Waals surface area contributed by atoms with Crippen molar-refractivity contribution in [2.45, 2.75) is 50.5 Å². The van der Waals surface area contributed by atoms with E-state index in [4.69, 9.17) is 9.26 Å². The first kappa shape index (κ1) is 18.1. The minimum Gasteiger partial charge on any atom is -0.479 e. The summed E-state index contributed by atoms with van der Waals surface area (Å²) < 4.78 is 23.4. The Morgan fingerprint density at radius 3 is 2.65 bits per heavy atom. The van der Waals surface area contributed by atoms with Crippen LogP contribution in [0.15, 0.2) is 30.3 Å². The number of rotatable bonds is 8. The highest BCUT2D eigenvalue weighted by atomic mass is 31.2. The number of hydrogen-bond donors (Lipinski definition) is 2. The summed E-state index contributed by atoms with van der Waals surface area (Å²) in [6.45, 7) is 2.26. The van der Waals surface area contributed by atoms with Gasteiger partial charge in [0.2, 0.25) is 0 Å². The molecule has 1 aromatic carbocycles. The Kier molecular flexibility index (Phi) is 5.98. The van der Waals surface area contributed by atoms with Gasteiger partial charge in [-0.1, -0.05) is 43.7 Å². The first-order valence-electron chi connectivity index (χ1n) is 7.81. The highest BCUT2D eigenvalue weighted by Gasteiger charge is 2.52. The van der Waals surface area contributed by atoms with Crippen molar-refractivity contribution < 1.29 is 28.6 Å². The van der Waals surface area contributed by atoms with Crippen LogP contribution in [0.5, 0.6) is 0 Å². The Morgan fingerprint density at radius 2 is 2.13 bits per heavy atom. The summed E-state index contributed by atoms with van der Waals surface area (Å²) in [5, 5.41) is 9.71. The van der Waals surface area contributed by atoms with E-state index < -0.39 is 25.3 Å². The van der Waals surface area contributed by atoms with Crippen molar-refractivity contribution in [3.05, 3.63) is 35.9 Å². The van der Waals surface area contributed by atoms with E-state index in [1.807, 2.05) is 6.92 Å². The maximum atomic E-state index is 12.5. The van der Waals surface area contributed by atoms with Crippen LogP contribution in [0.25, 0.3) is 0 Å². The van der Waals surface area contributed by atoms with Gasteiger partial charge in [-0.05, 0) is 24.8 Å². The Bertz CT molecular complexity index is 569. The van der Waals surface area contributed by atoms with E-state index in [0.29, 0.717) is 25.0 Å². The third kappa shape index (κ3) is 4.42. The van der Waals surface area contributed by atoms with Crippen molar-refractivity contribution in [1.82, 2.24) is 0 Å². The smallest absolute Gasteiger partial charge is 0.339 e. The Labute approximate surface area is 136 Å². The molecule has 3 atom stereocenters. The van der Waals surface area contributed by atoms with E-state index in [1.54, 1.807) is 30.3 Å². The summed E-state index contributed by atoms with van der Waals surface area (Å²) in [7, 11) is -4.13. The van der Waals surface area contributed by atoms with Crippen LogP contribution in [-0.4, -0.2) is 34.3 Å². The molecule has 128 valence electrons.